The van der Waals surface area contributed by atoms with Gasteiger partial charge in [0.25, 0.3) is 5.91 Å². The van der Waals surface area contributed by atoms with Crippen LogP contribution in [-0.4, -0.2) is 54.7 Å². The Kier molecular flexibility index (Phi) is 7.54. The zero-order valence-electron chi connectivity index (χ0n) is 17.8. The van der Waals surface area contributed by atoms with E-state index in [1.54, 1.807) is 6.07 Å². The smallest absolute Gasteiger partial charge is 0.263 e. The number of oxime groups is 1. The molecule has 1 aliphatic heterocycles. The van der Waals surface area contributed by atoms with Gasteiger partial charge in [0.1, 0.15) is 0 Å². The van der Waals surface area contributed by atoms with E-state index in [4.69, 9.17) is 16.4 Å². The topological polar surface area (TPSA) is 45.1 Å². The molecule has 1 saturated heterocycles. The molecular weight excluding hydrogens is 422 g/mol. The Morgan fingerprint density at radius 3 is 2.03 bits per heavy atom. The Labute approximate surface area is 193 Å². The van der Waals surface area contributed by atoms with Crippen molar-refractivity contribution >= 4 is 23.7 Å². The summed E-state index contributed by atoms with van der Waals surface area (Å²) >= 11 is 6.09. The molecule has 164 valence electrons. The third kappa shape index (κ3) is 5.55. The Morgan fingerprint density at radius 1 is 0.875 bits per heavy atom. The number of halogens is 1. The highest BCUT2D eigenvalue weighted by Crippen LogP contribution is 2.29. The van der Waals surface area contributed by atoms with E-state index in [1.165, 1.54) is 17.3 Å². The van der Waals surface area contributed by atoms with Crippen molar-refractivity contribution in [2.75, 3.05) is 32.8 Å². The van der Waals surface area contributed by atoms with Crippen molar-refractivity contribution in [2.45, 2.75) is 6.04 Å². The highest BCUT2D eigenvalue weighted by molar-refractivity contribution is 6.33. The molecule has 0 unspecified atom stereocenters. The molecule has 1 fully saturated rings. The first kappa shape index (κ1) is 22.1. The molecule has 0 aliphatic carbocycles. The Hall–Kier alpha value is -3.15. The number of piperazine rings is 1. The van der Waals surface area contributed by atoms with Gasteiger partial charge in [0.2, 0.25) is 0 Å². The van der Waals surface area contributed by atoms with Crippen molar-refractivity contribution in [2.24, 2.45) is 5.16 Å². The lowest BCUT2D eigenvalue weighted by atomic mass is 9.96. The standard InChI is InChI=1S/C26H26ClN3O2/c27-24-14-8-7-13-23(24)19-28-32-20-25(31)29-15-17-30(18-16-29)26(21-9-3-1-4-10-21)22-11-5-2-6-12-22/h1-14,19,26H,15-18,20H2/b28-19-. The third-order valence-corrected chi connectivity index (χ3v) is 5.97. The fourth-order valence-electron chi connectivity index (χ4n) is 3.97. The second-order valence-corrected chi connectivity index (χ2v) is 8.08. The van der Waals surface area contributed by atoms with Gasteiger partial charge >= 0.3 is 0 Å². The van der Waals surface area contributed by atoms with E-state index in [0.717, 1.165) is 18.7 Å². The fourth-order valence-corrected chi connectivity index (χ4v) is 4.16. The fraction of sp³-hybridized carbons (Fsp3) is 0.231. The van der Waals surface area contributed by atoms with E-state index in [9.17, 15) is 4.79 Å². The van der Waals surface area contributed by atoms with Crippen LogP contribution in [0.4, 0.5) is 0 Å². The van der Waals surface area contributed by atoms with E-state index < -0.39 is 0 Å². The molecule has 0 bridgehead atoms. The van der Waals surface area contributed by atoms with Crippen LogP contribution in [0.1, 0.15) is 22.7 Å². The van der Waals surface area contributed by atoms with Crippen LogP contribution in [0.25, 0.3) is 0 Å². The predicted octanol–water partition coefficient (Wildman–Crippen LogP) is 4.62. The van der Waals surface area contributed by atoms with E-state index in [2.05, 4.69) is 58.6 Å². The molecule has 0 spiro atoms. The second kappa shape index (κ2) is 10.9. The monoisotopic (exact) mass is 447 g/mol. The van der Waals surface area contributed by atoms with Crippen LogP contribution in [0.5, 0.6) is 0 Å². The highest BCUT2D eigenvalue weighted by Gasteiger charge is 2.28. The van der Waals surface area contributed by atoms with E-state index >= 15 is 0 Å². The molecule has 4 rings (SSSR count). The lowest BCUT2D eigenvalue weighted by Crippen LogP contribution is -2.50. The zero-order valence-corrected chi connectivity index (χ0v) is 18.6. The van der Waals surface area contributed by atoms with Crippen molar-refractivity contribution in [1.82, 2.24) is 9.80 Å². The average molecular weight is 448 g/mol. The van der Waals surface area contributed by atoms with Gasteiger partial charge in [0.15, 0.2) is 6.61 Å². The van der Waals surface area contributed by atoms with Crippen molar-refractivity contribution < 1.29 is 9.63 Å². The van der Waals surface area contributed by atoms with Crippen molar-refractivity contribution in [3.05, 3.63) is 107 Å². The minimum Gasteiger partial charge on any atom is -0.386 e. The Bertz CT molecular complexity index is 996. The number of nitrogens with zero attached hydrogens (tertiary/aromatic N) is 3. The van der Waals surface area contributed by atoms with Gasteiger partial charge < -0.3 is 9.74 Å². The average Bonchev–Trinajstić information content (AvgIpc) is 2.85. The molecule has 1 amide bonds. The summed E-state index contributed by atoms with van der Waals surface area (Å²) in [6, 6.07) is 28.6. The van der Waals surface area contributed by atoms with Crippen LogP contribution in [0.2, 0.25) is 5.02 Å². The number of hydrogen-bond acceptors (Lipinski definition) is 4. The summed E-state index contributed by atoms with van der Waals surface area (Å²) < 4.78 is 0. The van der Waals surface area contributed by atoms with Gasteiger partial charge in [0.05, 0.1) is 12.3 Å². The van der Waals surface area contributed by atoms with E-state index in [-0.39, 0.29) is 18.6 Å². The van der Waals surface area contributed by atoms with Crippen molar-refractivity contribution in [1.29, 1.82) is 0 Å². The van der Waals surface area contributed by atoms with Crippen molar-refractivity contribution in [3.8, 4) is 0 Å². The maximum absolute atomic E-state index is 12.6. The first-order valence-corrected chi connectivity index (χ1v) is 11.1. The van der Waals surface area contributed by atoms with Gasteiger partial charge in [-0.2, -0.15) is 0 Å². The van der Waals surface area contributed by atoms with Gasteiger partial charge in [-0.1, -0.05) is 95.6 Å². The number of carbonyl (C=O) groups excluding carboxylic acids is 1. The number of hydrogen-bond donors (Lipinski definition) is 0. The number of rotatable bonds is 7. The molecule has 5 nitrogen and oxygen atoms in total. The summed E-state index contributed by atoms with van der Waals surface area (Å²) in [6.45, 7) is 2.83. The minimum absolute atomic E-state index is 0.0584. The molecule has 1 heterocycles. The maximum atomic E-state index is 12.6. The summed E-state index contributed by atoms with van der Waals surface area (Å²) in [7, 11) is 0. The van der Waals surface area contributed by atoms with E-state index in [1.807, 2.05) is 35.2 Å². The summed E-state index contributed by atoms with van der Waals surface area (Å²) in [5, 5.41) is 4.48. The first-order valence-electron chi connectivity index (χ1n) is 10.7. The lowest BCUT2D eigenvalue weighted by molar-refractivity contribution is -0.138. The molecule has 0 saturated carbocycles. The minimum atomic E-state index is -0.0816. The van der Waals surface area contributed by atoms with Crippen molar-refractivity contribution in [3.63, 3.8) is 0 Å². The van der Waals surface area contributed by atoms with Crippen LogP contribution in [0.15, 0.2) is 90.1 Å². The SMILES string of the molecule is O=C(CO/N=C\c1ccccc1Cl)N1CCN(C(c2ccccc2)c2ccccc2)CC1. The number of carbonyl (C=O) groups is 1. The predicted molar refractivity (Wildman–Crippen MR) is 128 cm³/mol. The van der Waals surface area contributed by atoms with Gasteiger partial charge in [0, 0.05) is 36.8 Å². The Balaban J connectivity index is 1.33. The molecule has 1 aliphatic rings. The molecular formula is C26H26ClN3O2. The first-order chi connectivity index (χ1) is 15.7. The molecule has 3 aromatic carbocycles. The largest absolute Gasteiger partial charge is 0.386 e. The molecule has 0 N–H and O–H groups in total. The van der Waals surface area contributed by atoms with Crippen LogP contribution in [0.3, 0.4) is 0 Å². The molecule has 0 radical (unpaired) electrons. The summed E-state index contributed by atoms with van der Waals surface area (Å²) in [5.74, 6) is -0.0584. The van der Waals surface area contributed by atoms with Crippen LogP contribution >= 0.6 is 11.6 Å². The number of benzene rings is 3. The van der Waals surface area contributed by atoms with Crippen LogP contribution < -0.4 is 0 Å². The van der Waals surface area contributed by atoms with Gasteiger partial charge in [-0.3, -0.25) is 9.69 Å². The molecule has 32 heavy (non-hydrogen) atoms. The van der Waals surface area contributed by atoms with Gasteiger partial charge in [-0.25, -0.2) is 0 Å². The molecule has 0 aromatic heterocycles. The molecule has 3 aromatic rings. The van der Waals surface area contributed by atoms with E-state index in [0.29, 0.717) is 18.1 Å². The van der Waals surface area contributed by atoms with Gasteiger partial charge in [-0.05, 0) is 17.2 Å². The van der Waals surface area contributed by atoms with Gasteiger partial charge in [-0.15, -0.1) is 0 Å². The normalized spacial score (nSPS) is 14.8. The summed E-state index contributed by atoms with van der Waals surface area (Å²) in [5.41, 5.74) is 3.27. The summed E-state index contributed by atoms with van der Waals surface area (Å²) in [4.78, 5) is 22.1. The van der Waals surface area contributed by atoms with Crippen LogP contribution in [-0.2, 0) is 9.63 Å². The quantitative estimate of drug-likeness (QED) is 0.392. The van der Waals surface area contributed by atoms with Crippen LogP contribution in [0, 0.1) is 0 Å². The zero-order chi connectivity index (χ0) is 22.2. The molecule has 0 atom stereocenters. The molecule has 6 heteroatoms. The second-order valence-electron chi connectivity index (χ2n) is 7.67. The Morgan fingerprint density at radius 2 is 1.44 bits per heavy atom. The third-order valence-electron chi connectivity index (χ3n) is 5.62. The highest BCUT2D eigenvalue weighted by atomic mass is 35.5. The summed E-state index contributed by atoms with van der Waals surface area (Å²) in [6.07, 6.45) is 1.53. The maximum Gasteiger partial charge on any atom is 0.263 e. The lowest BCUT2D eigenvalue weighted by Gasteiger charge is -2.39. The number of amides is 1.